The van der Waals surface area contributed by atoms with Crippen LogP contribution in [0.4, 0.5) is 11.4 Å². The second kappa shape index (κ2) is 7.50. The minimum atomic E-state index is -1.60. The lowest BCUT2D eigenvalue weighted by Gasteiger charge is -2.12. The number of rotatable bonds is 5. The van der Waals surface area contributed by atoms with E-state index in [2.05, 4.69) is 10.4 Å². The Balaban J connectivity index is 1.99. The summed E-state index contributed by atoms with van der Waals surface area (Å²) in [6, 6.07) is 8.71. The first-order valence-corrected chi connectivity index (χ1v) is 8.45. The Morgan fingerprint density at radius 3 is 2.38 bits per heavy atom. The molecule has 1 heterocycles. The zero-order valence-electron chi connectivity index (χ0n) is 15.5. The van der Waals surface area contributed by atoms with Crippen molar-refractivity contribution in [3.63, 3.8) is 0 Å². The summed E-state index contributed by atoms with van der Waals surface area (Å²) < 4.78 is 0.690. The van der Waals surface area contributed by atoms with Crippen LogP contribution in [0.3, 0.4) is 0 Å². The number of aromatic carboxylic acids is 1. The van der Waals surface area contributed by atoms with Crippen molar-refractivity contribution in [2.24, 2.45) is 0 Å². The molecule has 1 amide bonds. The van der Waals surface area contributed by atoms with E-state index >= 15 is 0 Å². The number of carbonyl (C=O) groups is 2. The fourth-order valence-corrected chi connectivity index (χ4v) is 2.87. The molecule has 0 aliphatic heterocycles. The number of benzene rings is 2. The molecule has 29 heavy (non-hydrogen) atoms. The van der Waals surface area contributed by atoms with E-state index in [9.17, 15) is 29.6 Å². The van der Waals surface area contributed by atoms with Crippen LogP contribution >= 0.6 is 0 Å². The average Bonchev–Trinajstić information content (AvgIpc) is 2.66. The number of aryl methyl sites for hydroxylation is 2. The van der Waals surface area contributed by atoms with E-state index in [0.29, 0.717) is 10.2 Å². The first-order chi connectivity index (χ1) is 13.7. The van der Waals surface area contributed by atoms with E-state index in [-0.39, 0.29) is 22.1 Å². The first kappa shape index (κ1) is 19.7. The molecule has 0 saturated heterocycles. The van der Waals surface area contributed by atoms with Crippen molar-refractivity contribution in [1.82, 2.24) is 9.78 Å². The van der Waals surface area contributed by atoms with Crippen LogP contribution in [0.5, 0.6) is 0 Å². The number of amides is 1. The summed E-state index contributed by atoms with van der Waals surface area (Å²) in [6.45, 7) is 2.80. The van der Waals surface area contributed by atoms with Crippen molar-refractivity contribution in [3.8, 4) is 0 Å². The summed E-state index contributed by atoms with van der Waals surface area (Å²) in [7, 11) is 0. The van der Waals surface area contributed by atoms with Gasteiger partial charge in [-0.3, -0.25) is 19.7 Å². The minimum absolute atomic E-state index is 0.0305. The van der Waals surface area contributed by atoms with E-state index in [1.165, 1.54) is 24.3 Å². The third kappa shape index (κ3) is 3.81. The van der Waals surface area contributed by atoms with Gasteiger partial charge >= 0.3 is 0 Å². The molecular formula is C19H15N4O6-. The summed E-state index contributed by atoms with van der Waals surface area (Å²) in [6.07, 6.45) is 0. The molecule has 3 rings (SSSR count). The van der Waals surface area contributed by atoms with E-state index < -0.39 is 34.6 Å². The fraction of sp³-hybridized carbons (Fsp3) is 0.158. The number of nitro benzene ring substituents is 1. The van der Waals surface area contributed by atoms with Crippen LogP contribution in [0.2, 0.25) is 0 Å². The van der Waals surface area contributed by atoms with E-state index in [0.717, 1.165) is 5.56 Å². The highest BCUT2D eigenvalue weighted by Crippen LogP contribution is 2.27. The molecule has 0 aliphatic carbocycles. The van der Waals surface area contributed by atoms with Crippen molar-refractivity contribution in [2.75, 3.05) is 5.32 Å². The number of nitrogens with zero attached hydrogens (tertiary/aromatic N) is 3. The first-order valence-electron chi connectivity index (χ1n) is 8.45. The Morgan fingerprint density at radius 1 is 1.14 bits per heavy atom. The molecule has 3 aromatic rings. The average molecular weight is 395 g/mol. The smallest absolute Gasteiger partial charge is 0.293 e. The molecule has 1 N–H and O–H groups in total. The van der Waals surface area contributed by atoms with Crippen molar-refractivity contribution in [1.29, 1.82) is 0 Å². The molecule has 0 aliphatic rings. The zero-order valence-corrected chi connectivity index (χ0v) is 15.5. The van der Waals surface area contributed by atoms with Gasteiger partial charge in [0.2, 0.25) is 5.91 Å². The minimum Gasteiger partial charge on any atom is -0.543 e. The van der Waals surface area contributed by atoms with E-state index in [1.54, 1.807) is 26.0 Å². The number of hydrogen-bond donors (Lipinski definition) is 1. The summed E-state index contributed by atoms with van der Waals surface area (Å²) in [5.74, 6) is -2.37. The normalized spacial score (nSPS) is 10.7. The monoisotopic (exact) mass is 395 g/mol. The van der Waals surface area contributed by atoms with Crippen LogP contribution in [0.15, 0.2) is 41.2 Å². The number of anilines is 1. The number of fused-ring (bicyclic) bond motifs is 1. The van der Waals surface area contributed by atoms with E-state index in [1.807, 2.05) is 0 Å². The van der Waals surface area contributed by atoms with Crippen LogP contribution in [0, 0.1) is 24.0 Å². The summed E-state index contributed by atoms with van der Waals surface area (Å²) in [5.41, 5.74) is -0.0694. The highest BCUT2D eigenvalue weighted by Gasteiger charge is 2.19. The lowest BCUT2D eigenvalue weighted by atomic mass is 10.1. The Hall–Kier alpha value is -4.08. The van der Waals surface area contributed by atoms with Crippen LogP contribution in [0.1, 0.15) is 21.6 Å². The maximum Gasteiger partial charge on any atom is 0.293 e. The maximum absolute atomic E-state index is 12.6. The van der Waals surface area contributed by atoms with Crippen LogP contribution < -0.4 is 16.0 Å². The molecule has 0 fully saturated rings. The van der Waals surface area contributed by atoms with Gasteiger partial charge in [0.15, 0.2) is 0 Å². The van der Waals surface area contributed by atoms with E-state index in [4.69, 9.17) is 0 Å². The van der Waals surface area contributed by atoms with Gasteiger partial charge in [0.1, 0.15) is 17.9 Å². The standard InChI is InChI=1S/C19H16N4O6/c1-10-7-14(15(23(28)29)8-11(10)2)20-16(24)9-22-18(25)13-6-4-3-5-12(13)17(21-22)19(26)27/h3-8H,9H2,1-2H3,(H,20,24)(H,26,27)/p-1. The zero-order chi connectivity index (χ0) is 21.3. The molecule has 0 radical (unpaired) electrons. The topological polar surface area (TPSA) is 147 Å². The fourth-order valence-electron chi connectivity index (χ4n) is 2.87. The molecule has 1 aromatic heterocycles. The molecule has 0 saturated carbocycles. The highest BCUT2D eigenvalue weighted by molar-refractivity contribution is 6.00. The number of aromatic nitrogens is 2. The number of hydrogen-bond acceptors (Lipinski definition) is 7. The van der Waals surface area contributed by atoms with Gasteiger partial charge in [0.25, 0.3) is 11.2 Å². The predicted molar refractivity (Wildman–Crippen MR) is 102 cm³/mol. The number of carboxylic acid groups (broad SMARTS) is 1. The van der Waals surface area contributed by atoms with Gasteiger partial charge in [-0.2, -0.15) is 5.10 Å². The quantitative estimate of drug-likeness (QED) is 0.499. The summed E-state index contributed by atoms with van der Waals surface area (Å²) in [4.78, 5) is 47.0. The number of nitrogens with one attached hydrogen (secondary N) is 1. The number of carboxylic acids is 1. The van der Waals surface area contributed by atoms with Gasteiger partial charge in [0.05, 0.1) is 16.3 Å². The van der Waals surface area contributed by atoms with Gasteiger partial charge in [-0.1, -0.05) is 18.2 Å². The Labute approximate surface area is 163 Å². The summed E-state index contributed by atoms with van der Waals surface area (Å²) in [5, 5.41) is 28.9. The molecule has 0 spiro atoms. The lowest BCUT2D eigenvalue weighted by Crippen LogP contribution is -2.34. The maximum atomic E-state index is 12.6. The third-order valence-corrected chi connectivity index (χ3v) is 4.44. The molecule has 10 heteroatoms. The lowest BCUT2D eigenvalue weighted by molar-refractivity contribution is -0.384. The van der Waals surface area contributed by atoms with Gasteiger partial charge in [-0.25, -0.2) is 4.68 Å². The van der Waals surface area contributed by atoms with Crippen molar-refractivity contribution >= 4 is 34.0 Å². The third-order valence-electron chi connectivity index (χ3n) is 4.44. The highest BCUT2D eigenvalue weighted by atomic mass is 16.6. The van der Waals surface area contributed by atoms with Crippen molar-refractivity contribution < 1.29 is 19.6 Å². The largest absolute Gasteiger partial charge is 0.543 e. The molecule has 0 atom stereocenters. The molecule has 2 aromatic carbocycles. The molecule has 148 valence electrons. The molecule has 0 bridgehead atoms. The number of nitro groups is 1. The van der Waals surface area contributed by atoms with Crippen LogP contribution in [-0.4, -0.2) is 26.6 Å². The Kier molecular flexibility index (Phi) is 5.09. The molecule has 0 unspecified atom stereocenters. The van der Waals surface area contributed by atoms with Crippen LogP contribution in [0.25, 0.3) is 10.8 Å². The summed E-state index contributed by atoms with van der Waals surface area (Å²) >= 11 is 0. The van der Waals surface area contributed by atoms with Crippen molar-refractivity contribution in [2.45, 2.75) is 20.4 Å². The second-order valence-corrected chi connectivity index (χ2v) is 6.40. The van der Waals surface area contributed by atoms with Gasteiger partial charge < -0.3 is 15.2 Å². The predicted octanol–water partition coefficient (Wildman–Crippen LogP) is 0.924. The van der Waals surface area contributed by atoms with Gasteiger partial charge in [0, 0.05) is 11.5 Å². The SMILES string of the molecule is Cc1cc(NC(=O)Cn2nc(C(=O)[O-])c3ccccc3c2=O)c([N+](=O)[O-])cc1C. The van der Waals surface area contributed by atoms with Crippen LogP contribution in [-0.2, 0) is 11.3 Å². The Morgan fingerprint density at radius 2 is 1.76 bits per heavy atom. The Bertz CT molecular complexity index is 1230. The van der Waals surface area contributed by atoms with Gasteiger partial charge in [-0.05, 0) is 37.1 Å². The molecule has 10 nitrogen and oxygen atoms in total. The molecular weight excluding hydrogens is 380 g/mol. The number of carbonyl (C=O) groups excluding carboxylic acids is 2. The van der Waals surface area contributed by atoms with Crippen molar-refractivity contribution in [3.05, 3.63) is 73.7 Å². The second-order valence-electron chi connectivity index (χ2n) is 6.40. The van der Waals surface area contributed by atoms with Gasteiger partial charge in [-0.15, -0.1) is 0 Å².